The van der Waals surface area contributed by atoms with E-state index in [4.69, 9.17) is 4.42 Å². The van der Waals surface area contributed by atoms with E-state index in [0.29, 0.717) is 10.8 Å². The Morgan fingerprint density at radius 3 is 2.81 bits per heavy atom. The van der Waals surface area contributed by atoms with Gasteiger partial charge >= 0.3 is 5.97 Å². The van der Waals surface area contributed by atoms with Gasteiger partial charge in [0.05, 0.1) is 18.5 Å². The molecule has 6 nitrogen and oxygen atoms in total. The van der Waals surface area contributed by atoms with Crippen molar-refractivity contribution in [3.8, 4) is 0 Å². The highest BCUT2D eigenvalue weighted by Gasteiger charge is 2.22. The highest BCUT2D eigenvalue weighted by molar-refractivity contribution is 7.12. The van der Waals surface area contributed by atoms with Crippen molar-refractivity contribution in [1.29, 1.82) is 0 Å². The van der Waals surface area contributed by atoms with Gasteiger partial charge in [-0.05, 0) is 25.3 Å². The Morgan fingerprint density at radius 2 is 2.24 bits per heavy atom. The van der Waals surface area contributed by atoms with Crippen molar-refractivity contribution < 1.29 is 18.7 Å². The molecule has 112 valence electrons. The minimum absolute atomic E-state index is 0.0203. The third-order valence-corrected chi connectivity index (χ3v) is 3.73. The van der Waals surface area contributed by atoms with Gasteiger partial charge in [-0.2, -0.15) is 0 Å². The molecule has 0 bridgehead atoms. The Bertz CT molecular complexity index is 619. The molecule has 7 heteroatoms. The number of thiophene rings is 1. The second kappa shape index (κ2) is 6.53. The lowest BCUT2D eigenvalue weighted by atomic mass is 10.3. The number of hydrogen-bond donors (Lipinski definition) is 0. The number of aromatic nitrogens is 1. The third kappa shape index (κ3) is 3.49. The second-order valence-corrected chi connectivity index (χ2v) is 5.57. The van der Waals surface area contributed by atoms with Crippen LogP contribution in [0, 0.1) is 0 Å². The van der Waals surface area contributed by atoms with Gasteiger partial charge in [0, 0.05) is 6.04 Å². The van der Waals surface area contributed by atoms with E-state index in [2.05, 4.69) is 9.72 Å². The van der Waals surface area contributed by atoms with E-state index in [-0.39, 0.29) is 24.2 Å². The zero-order chi connectivity index (χ0) is 15.4. The van der Waals surface area contributed by atoms with Crippen molar-refractivity contribution in [2.24, 2.45) is 0 Å². The van der Waals surface area contributed by atoms with Gasteiger partial charge in [-0.15, -0.1) is 11.3 Å². The normalized spacial score (nSPS) is 10.7. The van der Waals surface area contributed by atoms with Gasteiger partial charge in [0.25, 0.3) is 5.91 Å². The molecule has 0 unspecified atom stereocenters. The number of methoxy groups -OCH3 is 1. The summed E-state index contributed by atoms with van der Waals surface area (Å²) < 4.78 is 9.80. The molecular formula is C14H16N2O4S. The fraction of sp³-hybridized carbons (Fsp3) is 0.357. The summed E-state index contributed by atoms with van der Waals surface area (Å²) in [6, 6.07) is 3.59. The number of oxazole rings is 1. The number of amides is 1. The number of nitrogens with zero attached hydrogens (tertiary/aromatic N) is 2. The molecule has 21 heavy (non-hydrogen) atoms. The lowest BCUT2D eigenvalue weighted by Crippen LogP contribution is -2.36. The Labute approximate surface area is 126 Å². The zero-order valence-electron chi connectivity index (χ0n) is 12.0. The van der Waals surface area contributed by atoms with Crippen LogP contribution < -0.4 is 0 Å². The number of hydrogen-bond acceptors (Lipinski definition) is 6. The topological polar surface area (TPSA) is 72.6 Å². The minimum atomic E-state index is -0.564. The molecule has 0 spiro atoms. The van der Waals surface area contributed by atoms with E-state index < -0.39 is 5.97 Å². The van der Waals surface area contributed by atoms with Crippen molar-refractivity contribution in [2.75, 3.05) is 7.11 Å². The fourth-order valence-corrected chi connectivity index (χ4v) is 2.44. The Kier molecular flexibility index (Phi) is 4.74. The van der Waals surface area contributed by atoms with Crippen LogP contribution in [0.5, 0.6) is 0 Å². The molecule has 0 aliphatic carbocycles. The first-order valence-electron chi connectivity index (χ1n) is 6.40. The van der Waals surface area contributed by atoms with Crippen LogP contribution in [0.25, 0.3) is 0 Å². The van der Waals surface area contributed by atoms with Crippen LogP contribution in [0.4, 0.5) is 0 Å². The lowest BCUT2D eigenvalue weighted by molar-refractivity contribution is 0.0594. The average Bonchev–Trinajstić information content (AvgIpc) is 3.14. The maximum atomic E-state index is 12.4. The molecule has 2 aromatic heterocycles. The molecule has 0 aliphatic rings. The summed E-state index contributed by atoms with van der Waals surface area (Å²) >= 11 is 1.38. The molecule has 0 N–H and O–H groups in total. The van der Waals surface area contributed by atoms with Crippen LogP contribution in [0.3, 0.4) is 0 Å². The van der Waals surface area contributed by atoms with E-state index in [0.717, 1.165) is 0 Å². The SMILES string of the molecule is COC(=O)c1coc(CN(C(=O)c2cccs2)C(C)C)n1. The monoisotopic (exact) mass is 308 g/mol. The van der Waals surface area contributed by atoms with Crippen LogP contribution >= 0.6 is 11.3 Å². The van der Waals surface area contributed by atoms with Crippen LogP contribution in [0.2, 0.25) is 0 Å². The van der Waals surface area contributed by atoms with E-state index in [1.54, 1.807) is 11.0 Å². The van der Waals surface area contributed by atoms with Gasteiger partial charge < -0.3 is 14.1 Å². The van der Waals surface area contributed by atoms with Gasteiger partial charge in [0.15, 0.2) is 5.69 Å². The molecule has 2 rings (SSSR count). The predicted octanol–water partition coefficient (Wildman–Crippen LogP) is 2.57. The van der Waals surface area contributed by atoms with Gasteiger partial charge in [-0.1, -0.05) is 6.07 Å². The summed E-state index contributed by atoms with van der Waals surface area (Å²) in [5, 5.41) is 1.85. The van der Waals surface area contributed by atoms with Crippen molar-refractivity contribution in [3.05, 3.63) is 40.2 Å². The summed E-state index contributed by atoms with van der Waals surface area (Å²) in [5.41, 5.74) is 0.0970. The van der Waals surface area contributed by atoms with Crippen molar-refractivity contribution in [1.82, 2.24) is 9.88 Å². The maximum Gasteiger partial charge on any atom is 0.360 e. The van der Waals surface area contributed by atoms with E-state index >= 15 is 0 Å². The highest BCUT2D eigenvalue weighted by Crippen LogP contribution is 2.17. The second-order valence-electron chi connectivity index (χ2n) is 4.62. The van der Waals surface area contributed by atoms with E-state index in [1.807, 2.05) is 25.3 Å². The molecule has 0 fully saturated rings. The molecular weight excluding hydrogens is 292 g/mol. The molecule has 0 saturated heterocycles. The Balaban J connectivity index is 2.15. The number of esters is 1. The number of rotatable bonds is 5. The van der Waals surface area contributed by atoms with Gasteiger partial charge in [0.1, 0.15) is 6.26 Å². The van der Waals surface area contributed by atoms with Crippen LogP contribution in [-0.2, 0) is 11.3 Å². The standard InChI is InChI=1S/C14H16N2O4S/c1-9(2)16(13(17)11-5-4-6-21-11)7-12-15-10(8-20-12)14(18)19-3/h4-6,8-9H,7H2,1-3H3. The highest BCUT2D eigenvalue weighted by atomic mass is 32.1. The maximum absolute atomic E-state index is 12.4. The van der Waals surface area contributed by atoms with Crippen molar-refractivity contribution >= 4 is 23.2 Å². The molecule has 0 radical (unpaired) electrons. The quantitative estimate of drug-likeness (QED) is 0.794. The lowest BCUT2D eigenvalue weighted by Gasteiger charge is -2.24. The molecule has 0 atom stereocenters. The largest absolute Gasteiger partial charge is 0.464 e. The summed E-state index contributed by atoms with van der Waals surface area (Å²) in [5.74, 6) is -0.350. The van der Waals surface area contributed by atoms with Gasteiger partial charge in [-0.3, -0.25) is 4.79 Å². The van der Waals surface area contributed by atoms with Crippen molar-refractivity contribution in [2.45, 2.75) is 26.4 Å². The molecule has 1 amide bonds. The molecule has 0 saturated carbocycles. The Morgan fingerprint density at radius 1 is 1.48 bits per heavy atom. The minimum Gasteiger partial charge on any atom is -0.464 e. The molecule has 2 aromatic rings. The summed E-state index contributed by atoms with van der Waals surface area (Å²) in [7, 11) is 1.28. The third-order valence-electron chi connectivity index (χ3n) is 2.87. The fourth-order valence-electron chi connectivity index (χ4n) is 1.76. The number of ether oxygens (including phenoxy) is 1. The zero-order valence-corrected chi connectivity index (χ0v) is 12.8. The Hall–Kier alpha value is -2.15. The van der Waals surface area contributed by atoms with Gasteiger partial charge in [0.2, 0.25) is 5.89 Å². The van der Waals surface area contributed by atoms with Crippen LogP contribution in [-0.4, -0.2) is 34.9 Å². The predicted molar refractivity (Wildman–Crippen MR) is 77.2 cm³/mol. The smallest absolute Gasteiger partial charge is 0.360 e. The summed E-state index contributed by atoms with van der Waals surface area (Å²) in [6.07, 6.45) is 1.23. The first-order valence-corrected chi connectivity index (χ1v) is 7.28. The first-order chi connectivity index (χ1) is 10.0. The number of carbonyl (C=O) groups is 2. The van der Waals surface area contributed by atoms with E-state index in [1.165, 1.54) is 24.7 Å². The molecule has 0 aliphatic heterocycles. The summed E-state index contributed by atoms with van der Waals surface area (Å²) in [4.78, 5) is 30.1. The van der Waals surface area contributed by atoms with Crippen molar-refractivity contribution in [3.63, 3.8) is 0 Å². The molecule has 0 aromatic carbocycles. The van der Waals surface area contributed by atoms with Crippen LogP contribution in [0.1, 0.15) is 39.9 Å². The van der Waals surface area contributed by atoms with Gasteiger partial charge in [-0.25, -0.2) is 9.78 Å². The average molecular weight is 308 g/mol. The number of carbonyl (C=O) groups excluding carboxylic acids is 2. The van der Waals surface area contributed by atoms with E-state index in [9.17, 15) is 9.59 Å². The summed E-state index contributed by atoms with van der Waals surface area (Å²) in [6.45, 7) is 4.02. The van der Waals surface area contributed by atoms with Crippen LogP contribution in [0.15, 0.2) is 28.2 Å². The molecule has 2 heterocycles. The first kappa shape index (κ1) is 15.2.